The van der Waals surface area contributed by atoms with Crippen molar-refractivity contribution in [1.29, 1.82) is 0 Å². The summed E-state index contributed by atoms with van der Waals surface area (Å²) in [5.41, 5.74) is 17.5. The van der Waals surface area contributed by atoms with Gasteiger partial charge in [0.1, 0.15) is 0 Å². The molecule has 0 fully saturated rings. The molecule has 1 N–H and O–H groups in total. The molecule has 58 heavy (non-hydrogen) atoms. The van der Waals surface area contributed by atoms with Crippen LogP contribution in [0.5, 0.6) is 0 Å². The number of H-pyrrole nitrogens is 1. The highest BCUT2D eigenvalue weighted by Crippen LogP contribution is 2.63. The molecule has 0 saturated carbocycles. The van der Waals surface area contributed by atoms with Crippen LogP contribution in [0.1, 0.15) is 54.5 Å². The third-order valence-corrected chi connectivity index (χ3v) is 14.8. The molecule has 2 heterocycles. The summed E-state index contributed by atoms with van der Waals surface area (Å²) in [5, 5.41) is 4.06. The minimum Gasteiger partial charge on any atom is -0.354 e. The van der Waals surface area contributed by atoms with Gasteiger partial charge in [0.15, 0.2) is 0 Å². The molecule has 0 spiro atoms. The van der Waals surface area contributed by atoms with Crippen LogP contribution in [-0.4, -0.2) is 4.98 Å². The highest BCUT2D eigenvalue weighted by atomic mass is 32.1. The summed E-state index contributed by atoms with van der Waals surface area (Å²) in [4.78, 5) is 7.80. The molecule has 5 aliphatic carbocycles. The van der Waals surface area contributed by atoms with E-state index in [1.165, 1.54) is 87.2 Å². The number of aromatic amines is 1. The van der Waals surface area contributed by atoms with Gasteiger partial charge < -0.3 is 9.88 Å². The Morgan fingerprint density at radius 1 is 0.638 bits per heavy atom. The van der Waals surface area contributed by atoms with Gasteiger partial charge in [0.2, 0.25) is 0 Å². The molecule has 2 unspecified atom stereocenters. The zero-order valence-electron chi connectivity index (χ0n) is 32.5. The van der Waals surface area contributed by atoms with Crippen LogP contribution in [0.3, 0.4) is 0 Å². The molecule has 0 radical (unpaired) electrons. The Balaban J connectivity index is 1.06. The van der Waals surface area contributed by atoms with Crippen LogP contribution in [0.25, 0.3) is 49.1 Å². The number of nitrogens with zero attached hydrogens (tertiary/aromatic N) is 1. The van der Waals surface area contributed by atoms with Crippen molar-refractivity contribution in [3.05, 3.63) is 208 Å². The molecule has 2 aromatic heterocycles. The van der Waals surface area contributed by atoms with Gasteiger partial charge in [-0.2, -0.15) is 0 Å². The molecular formula is C55H44N2S. The highest BCUT2D eigenvalue weighted by Gasteiger charge is 2.54. The minimum absolute atomic E-state index is 0.181. The van der Waals surface area contributed by atoms with Crippen LogP contribution < -0.4 is 4.90 Å². The summed E-state index contributed by atoms with van der Waals surface area (Å²) in [5.74, 6) is 0.286. The number of aromatic nitrogens is 1. The monoisotopic (exact) mass is 764 g/mol. The fourth-order valence-corrected chi connectivity index (χ4v) is 12.5. The maximum atomic E-state index is 3.81. The maximum absolute atomic E-state index is 3.81. The maximum Gasteiger partial charge on any atom is 0.0479 e. The molecule has 2 atom stereocenters. The van der Waals surface area contributed by atoms with Crippen molar-refractivity contribution < 1.29 is 0 Å². The smallest absolute Gasteiger partial charge is 0.0479 e. The van der Waals surface area contributed by atoms with Gasteiger partial charge in [-0.25, -0.2) is 0 Å². The van der Waals surface area contributed by atoms with E-state index in [1.54, 1.807) is 11.1 Å². The van der Waals surface area contributed by atoms with Crippen LogP contribution in [0.15, 0.2) is 192 Å². The van der Waals surface area contributed by atoms with Crippen LogP contribution >= 0.6 is 11.3 Å². The quantitative estimate of drug-likeness (QED) is 0.179. The Labute approximate surface area is 344 Å². The molecule has 5 aliphatic rings. The Morgan fingerprint density at radius 2 is 1.40 bits per heavy atom. The number of anilines is 2. The number of allylic oxidation sites excluding steroid dienone is 13. The van der Waals surface area contributed by atoms with Crippen molar-refractivity contribution in [2.45, 2.75) is 50.4 Å². The van der Waals surface area contributed by atoms with E-state index in [0.717, 1.165) is 44.9 Å². The molecular weight excluding hydrogens is 721 g/mol. The minimum atomic E-state index is -0.181. The first-order valence-corrected chi connectivity index (χ1v) is 21.9. The van der Waals surface area contributed by atoms with Crippen LogP contribution in [0, 0.1) is 5.92 Å². The molecule has 7 aromatic rings. The first-order valence-electron chi connectivity index (χ1n) is 21.1. The number of nitrogens with one attached hydrogen (secondary N) is 1. The predicted octanol–water partition coefficient (Wildman–Crippen LogP) is 15.0. The second-order valence-electron chi connectivity index (χ2n) is 16.6. The predicted molar refractivity (Wildman–Crippen MR) is 247 cm³/mol. The molecule has 0 aliphatic heterocycles. The summed E-state index contributed by atoms with van der Waals surface area (Å²) in [7, 11) is 0. The van der Waals surface area contributed by atoms with Crippen molar-refractivity contribution in [2.24, 2.45) is 5.92 Å². The topological polar surface area (TPSA) is 19.0 Å². The number of benzene rings is 5. The molecule has 5 aromatic carbocycles. The normalized spacial score (nSPS) is 20.9. The lowest BCUT2D eigenvalue weighted by Crippen LogP contribution is -2.39. The third kappa shape index (κ3) is 5.09. The van der Waals surface area contributed by atoms with Crippen molar-refractivity contribution in [3.8, 4) is 11.1 Å². The highest BCUT2D eigenvalue weighted by molar-refractivity contribution is 7.21. The van der Waals surface area contributed by atoms with Crippen LogP contribution in [0.4, 0.5) is 11.4 Å². The fourth-order valence-electron chi connectivity index (χ4n) is 11.1. The molecule has 3 heteroatoms. The zero-order chi connectivity index (χ0) is 38.2. The van der Waals surface area contributed by atoms with Crippen molar-refractivity contribution in [2.75, 3.05) is 4.90 Å². The van der Waals surface area contributed by atoms with Gasteiger partial charge in [0.05, 0.1) is 0 Å². The Hall–Kier alpha value is -6.16. The van der Waals surface area contributed by atoms with Crippen molar-refractivity contribution in [1.82, 2.24) is 4.98 Å². The number of thiophene rings is 1. The zero-order valence-corrected chi connectivity index (χ0v) is 33.4. The standard InChI is InChI=1S/C55H44N2S/c1-4-14-36(15-5-1)37-24-26-40(27-25-37)57(41-29-32-50-47(34-41)53-51(56-50)33-31-46-45-21-11-13-23-52(45)58-54(46)53)42-28-30-44-43-20-10-12-22-48(43)55(49(44)35-42,38-16-6-2-7-17-38)39-18-8-3-9-19-39/h1-8,10,13-18,20,23-34,49,56H,9,11-12,19,21-22,35H2. The van der Waals surface area contributed by atoms with Gasteiger partial charge in [-0.05, 0) is 138 Å². The molecule has 0 saturated heterocycles. The number of hydrogen-bond donors (Lipinski definition) is 1. The summed E-state index contributed by atoms with van der Waals surface area (Å²) in [6.07, 6.45) is 29.1. The molecule has 280 valence electrons. The Morgan fingerprint density at radius 3 is 2.24 bits per heavy atom. The average molecular weight is 765 g/mol. The summed E-state index contributed by atoms with van der Waals surface area (Å²) >= 11 is 1.96. The third-order valence-electron chi connectivity index (χ3n) is 13.6. The first kappa shape index (κ1) is 33.9. The second-order valence-corrected chi connectivity index (χ2v) is 17.6. The van der Waals surface area contributed by atoms with Gasteiger partial charge >= 0.3 is 0 Å². The van der Waals surface area contributed by atoms with E-state index in [-0.39, 0.29) is 11.3 Å². The molecule has 0 amide bonds. The number of aryl methyl sites for hydroxylation is 1. The van der Waals surface area contributed by atoms with Crippen molar-refractivity contribution >= 4 is 60.7 Å². The van der Waals surface area contributed by atoms with E-state index in [9.17, 15) is 0 Å². The van der Waals surface area contributed by atoms with Crippen molar-refractivity contribution in [3.63, 3.8) is 0 Å². The Kier molecular flexibility index (Phi) is 7.88. The van der Waals surface area contributed by atoms with E-state index >= 15 is 0 Å². The summed E-state index contributed by atoms with van der Waals surface area (Å²) in [6.45, 7) is 0. The van der Waals surface area contributed by atoms with E-state index < -0.39 is 0 Å². The average Bonchev–Trinajstić information content (AvgIpc) is 3.96. The SMILES string of the molecule is C1=CCCC(C2(c3ccccc3)C3=C(C=CCC3)C3=CC=C(N(c4ccc(-c5ccccc5)cc4)c4ccc5[nH]c6ccc7c8c(sc7c6c5c4)C=CCC8)CC32)=C1. The first-order chi connectivity index (χ1) is 28.8. The van der Waals surface area contributed by atoms with E-state index in [1.807, 2.05) is 11.3 Å². The van der Waals surface area contributed by atoms with E-state index in [4.69, 9.17) is 0 Å². The lowest BCUT2D eigenvalue weighted by molar-refractivity contribution is 0.410. The van der Waals surface area contributed by atoms with Gasteiger partial charge in [0.25, 0.3) is 0 Å². The summed E-state index contributed by atoms with van der Waals surface area (Å²) < 4.78 is 1.40. The second kappa shape index (κ2) is 13.5. The Bertz CT molecular complexity index is 3010. The lowest BCUT2D eigenvalue weighted by atomic mass is 9.59. The van der Waals surface area contributed by atoms with Gasteiger partial charge in [-0.3, -0.25) is 0 Å². The fraction of sp³-hybridized carbons (Fsp3) is 0.164. The number of rotatable bonds is 6. The summed E-state index contributed by atoms with van der Waals surface area (Å²) in [6, 6.07) is 43.3. The van der Waals surface area contributed by atoms with Crippen LogP contribution in [0.2, 0.25) is 0 Å². The lowest BCUT2D eigenvalue weighted by Gasteiger charge is -2.44. The largest absolute Gasteiger partial charge is 0.354 e. The molecule has 12 rings (SSSR count). The number of hydrogen-bond acceptors (Lipinski definition) is 2. The number of fused-ring (bicyclic) bond motifs is 9. The van der Waals surface area contributed by atoms with E-state index in [2.05, 4.69) is 180 Å². The van der Waals surface area contributed by atoms with E-state index in [0.29, 0.717) is 0 Å². The van der Waals surface area contributed by atoms with Crippen LogP contribution in [-0.2, 0) is 11.8 Å². The van der Waals surface area contributed by atoms with Gasteiger partial charge in [-0.1, -0.05) is 127 Å². The molecule has 2 nitrogen and oxygen atoms in total. The van der Waals surface area contributed by atoms with Gasteiger partial charge in [0, 0.05) is 59.8 Å². The van der Waals surface area contributed by atoms with Gasteiger partial charge in [-0.15, -0.1) is 11.3 Å². The molecule has 0 bridgehead atoms.